The molecule has 0 radical (unpaired) electrons. The van der Waals surface area contributed by atoms with E-state index in [9.17, 15) is 14.3 Å². The molecule has 0 aliphatic rings. The van der Waals surface area contributed by atoms with Crippen LogP contribution in [0.2, 0.25) is 0 Å². The molecule has 3 aromatic rings. The average Bonchev–Trinajstić information content (AvgIpc) is 2.97. The molecule has 5 heteroatoms. The second-order valence-electron chi connectivity index (χ2n) is 4.92. The van der Waals surface area contributed by atoms with Gasteiger partial charge in [0.1, 0.15) is 17.7 Å². The van der Waals surface area contributed by atoms with Crippen LogP contribution in [0.1, 0.15) is 22.0 Å². The van der Waals surface area contributed by atoms with Crippen molar-refractivity contribution in [3.05, 3.63) is 71.7 Å². The first kappa shape index (κ1) is 14.3. The quantitative estimate of drug-likeness (QED) is 0.778. The van der Waals surface area contributed by atoms with E-state index in [1.54, 1.807) is 12.1 Å². The summed E-state index contributed by atoms with van der Waals surface area (Å²) in [6, 6.07) is 12.7. The maximum Gasteiger partial charge on any atom is 0.255 e. The fourth-order valence-electron chi connectivity index (χ4n) is 2.24. The number of nitrogens with one attached hydrogen (secondary N) is 1. The lowest BCUT2D eigenvalue weighted by Crippen LogP contribution is -2.28. The molecule has 0 aliphatic heterocycles. The summed E-state index contributed by atoms with van der Waals surface area (Å²) in [6.45, 7) is 0.0317. The highest BCUT2D eigenvalue weighted by atomic mass is 19.1. The number of fused-ring (bicyclic) bond motifs is 1. The largest absolute Gasteiger partial charge is 0.463 e. The van der Waals surface area contributed by atoms with Gasteiger partial charge in [-0.3, -0.25) is 4.79 Å². The molecule has 22 heavy (non-hydrogen) atoms. The fraction of sp³-hybridized carbons (Fsp3) is 0.118. The number of aliphatic hydroxyl groups is 1. The van der Waals surface area contributed by atoms with Gasteiger partial charge in [0.25, 0.3) is 5.91 Å². The van der Waals surface area contributed by atoms with E-state index in [4.69, 9.17) is 4.42 Å². The van der Waals surface area contributed by atoms with Gasteiger partial charge in [0.15, 0.2) is 0 Å². The summed E-state index contributed by atoms with van der Waals surface area (Å²) in [7, 11) is 0. The summed E-state index contributed by atoms with van der Waals surface area (Å²) < 4.78 is 18.1. The molecule has 0 saturated carbocycles. The van der Waals surface area contributed by atoms with Crippen LogP contribution in [-0.2, 0) is 0 Å². The second-order valence-corrected chi connectivity index (χ2v) is 4.92. The normalized spacial score (nSPS) is 12.3. The van der Waals surface area contributed by atoms with Crippen LogP contribution in [0.15, 0.2) is 59.2 Å². The van der Waals surface area contributed by atoms with Crippen LogP contribution in [0.5, 0.6) is 0 Å². The zero-order chi connectivity index (χ0) is 15.5. The first-order valence-electron chi connectivity index (χ1n) is 6.83. The Morgan fingerprint density at radius 2 is 1.91 bits per heavy atom. The minimum Gasteiger partial charge on any atom is -0.463 e. The van der Waals surface area contributed by atoms with Gasteiger partial charge < -0.3 is 14.8 Å². The Bertz CT molecular complexity index is 795. The third-order valence-corrected chi connectivity index (χ3v) is 3.44. The van der Waals surface area contributed by atoms with Gasteiger partial charge in [0.2, 0.25) is 0 Å². The molecule has 1 amide bonds. The van der Waals surface area contributed by atoms with Gasteiger partial charge in [0, 0.05) is 11.9 Å². The Kier molecular flexibility index (Phi) is 3.89. The van der Waals surface area contributed by atoms with Gasteiger partial charge >= 0.3 is 0 Å². The molecular formula is C17H14FNO3. The van der Waals surface area contributed by atoms with E-state index in [0.717, 1.165) is 5.39 Å². The highest BCUT2D eigenvalue weighted by molar-refractivity contribution is 6.05. The Labute approximate surface area is 126 Å². The molecule has 2 N–H and O–H groups in total. The predicted octanol–water partition coefficient (Wildman–Crippen LogP) is 3.04. The number of benzene rings is 2. The lowest BCUT2D eigenvalue weighted by Gasteiger charge is -2.11. The minimum absolute atomic E-state index is 0.0317. The summed E-state index contributed by atoms with van der Waals surface area (Å²) >= 11 is 0. The average molecular weight is 299 g/mol. The van der Waals surface area contributed by atoms with Crippen LogP contribution in [0, 0.1) is 5.82 Å². The lowest BCUT2D eigenvalue weighted by molar-refractivity contribution is 0.0917. The van der Waals surface area contributed by atoms with E-state index >= 15 is 0 Å². The van der Waals surface area contributed by atoms with E-state index in [2.05, 4.69) is 5.32 Å². The number of furan rings is 1. The van der Waals surface area contributed by atoms with Crippen molar-refractivity contribution in [2.45, 2.75) is 6.10 Å². The van der Waals surface area contributed by atoms with Gasteiger partial charge in [-0.1, -0.05) is 30.3 Å². The number of carbonyl (C=O) groups excluding carboxylic acids is 1. The molecule has 4 nitrogen and oxygen atoms in total. The Morgan fingerprint density at radius 3 is 2.68 bits per heavy atom. The van der Waals surface area contributed by atoms with E-state index in [0.29, 0.717) is 16.7 Å². The fourth-order valence-corrected chi connectivity index (χ4v) is 2.24. The SMILES string of the molecule is O=C(NCC(O)c1ccc(F)cc1)c1coc2ccccc12. The summed E-state index contributed by atoms with van der Waals surface area (Å²) in [6.07, 6.45) is 0.493. The third-order valence-electron chi connectivity index (χ3n) is 3.44. The number of amides is 1. The van der Waals surface area contributed by atoms with Crippen molar-refractivity contribution in [3.8, 4) is 0 Å². The maximum absolute atomic E-state index is 12.8. The van der Waals surface area contributed by atoms with Crippen LogP contribution >= 0.6 is 0 Å². The van der Waals surface area contributed by atoms with Crippen molar-refractivity contribution in [2.24, 2.45) is 0 Å². The third kappa shape index (κ3) is 2.84. The van der Waals surface area contributed by atoms with Crippen molar-refractivity contribution in [1.82, 2.24) is 5.32 Å². The number of carbonyl (C=O) groups is 1. The summed E-state index contributed by atoms with van der Waals surface area (Å²) in [5.74, 6) is -0.698. The summed E-state index contributed by atoms with van der Waals surface area (Å²) in [5, 5.41) is 13.4. The van der Waals surface area contributed by atoms with E-state index in [1.165, 1.54) is 30.5 Å². The number of halogens is 1. The van der Waals surface area contributed by atoms with Crippen LogP contribution in [-0.4, -0.2) is 17.6 Å². The molecule has 1 aromatic heterocycles. The Hall–Kier alpha value is -2.66. The summed E-state index contributed by atoms with van der Waals surface area (Å²) in [5.41, 5.74) is 1.59. The molecular weight excluding hydrogens is 285 g/mol. The topological polar surface area (TPSA) is 62.5 Å². The van der Waals surface area contributed by atoms with Crippen LogP contribution < -0.4 is 5.32 Å². The molecule has 112 valence electrons. The van der Waals surface area contributed by atoms with Crippen LogP contribution in [0.3, 0.4) is 0 Å². The number of aliphatic hydroxyl groups excluding tert-OH is 1. The number of para-hydroxylation sites is 1. The molecule has 3 rings (SSSR count). The molecule has 1 unspecified atom stereocenters. The highest BCUT2D eigenvalue weighted by Crippen LogP contribution is 2.20. The zero-order valence-electron chi connectivity index (χ0n) is 11.6. The van der Waals surface area contributed by atoms with E-state index in [1.807, 2.05) is 12.1 Å². The van der Waals surface area contributed by atoms with Gasteiger partial charge in [-0.25, -0.2) is 4.39 Å². The number of hydrogen-bond acceptors (Lipinski definition) is 3. The molecule has 0 bridgehead atoms. The molecule has 0 fully saturated rings. The molecule has 0 aliphatic carbocycles. The van der Waals surface area contributed by atoms with Crippen LogP contribution in [0.4, 0.5) is 4.39 Å². The Balaban J connectivity index is 1.68. The predicted molar refractivity (Wildman–Crippen MR) is 79.9 cm³/mol. The van der Waals surface area contributed by atoms with Crippen molar-refractivity contribution in [2.75, 3.05) is 6.54 Å². The van der Waals surface area contributed by atoms with Gasteiger partial charge in [-0.15, -0.1) is 0 Å². The number of hydrogen-bond donors (Lipinski definition) is 2. The van der Waals surface area contributed by atoms with Crippen molar-refractivity contribution in [1.29, 1.82) is 0 Å². The first-order chi connectivity index (χ1) is 10.6. The van der Waals surface area contributed by atoms with Gasteiger partial charge in [0.05, 0.1) is 11.7 Å². The second kappa shape index (κ2) is 5.99. The molecule has 0 saturated heterocycles. The zero-order valence-corrected chi connectivity index (χ0v) is 11.6. The number of rotatable bonds is 4. The van der Waals surface area contributed by atoms with Crippen molar-refractivity contribution in [3.63, 3.8) is 0 Å². The lowest BCUT2D eigenvalue weighted by atomic mass is 10.1. The standard InChI is InChI=1S/C17H14FNO3/c18-12-7-5-11(6-8-12)15(20)9-19-17(21)14-10-22-16-4-2-1-3-13(14)16/h1-8,10,15,20H,9H2,(H,19,21). The first-order valence-corrected chi connectivity index (χ1v) is 6.83. The molecule has 0 spiro atoms. The van der Waals surface area contributed by atoms with Crippen LogP contribution in [0.25, 0.3) is 11.0 Å². The van der Waals surface area contributed by atoms with Crippen molar-refractivity contribution < 1.29 is 18.7 Å². The molecule has 1 heterocycles. The van der Waals surface area contributed by atoms with E-state index < -0.39 is 6.10 Å². The highest BCUT2D eigenvalue weighted by Gasteiger charge is 2.15. The molecule has 1 atom stereocenters. The monoisotopic (exact) mass is 299 g/mol. The van der Waals surface area contributed by atoms with Gasteiger partial charge in [-0.05, 0) is 23.8 Å². The maximum atomic E-state index is 12.8. The van der Waals surface area contributed by atoms with E-state index in [-0.39, 0.29) is 18.3 Å². The Morgan fingerprint density at radius 1 is 1.18 bits per heavy atom. The smallest absolute Gasteiger partial charge is 0.255 e. The van der Waals surface area contributed by atoms with Crippen molar-refractivity contribution >= 4 is 16.9 Å². The van der Waals surface area contributed by atoms with Gasteiger partial charge in [-0.2, -0.15) is 0 Å². The molecule has 2 aromatic carbocycles. The summed E-state index contributed by atoms with van der Waals surface area (Å²) in [4.78, 5) is 12.2. The minimum atomic E-state index is -0.900.